The van der Waals surface area contributed by atoms with Gasteiger partial charge in [-0.15, -0.1) is 0 Å². The number of fused-ring (bicyclic) bond motifs is 1. The van der Waals surface area contributed by atoms with Crippen molar-refractivity contribution in [3.05, 3.63) is 23.8 Å². The van der Waals surface area contributed by atoms with Crippen LogP contribution in [0.25, 0.3) is 0 Å². The zero-order valence-corrected chi connectivity index (χ0v) is 16.8. The molecule has 2 saturated carbocycles. The number of ketones is 1. The van der Waals surface area contributed by atoms with Crippen molar-refractivity contribution in [3.63, 3.8) is 0 Å². The maximum absolute atomic E-state index is 12.2. The molecule has 0 radical (unpaired) electrons. The van der Waals surface area contributed by atoms with Crippen molar-refractivity contribution in [2.75, 3.05) is 7.11 Å². The van der Waals surface area contributed by atoms with Gasteiger partial charge in [-0.1, -0.05) is 45.3 Å². The molecule has 0 N–H and O–H groups in total. The Labute approximate surface area is 158 Å². The lowest BCUT2D eigenvalue weighted by atomic mass is 9.54. The molecule has 0 aliphatic heterocycles. The monoisotopic (exact) mass is 358 g/mol. The Morgan fingerprint density at radius 2 is 2.12 bits per heavy atom. The van der Waals surface area contributed by atoms with Gasteiger partial charge in [0.2, 0.25) is 0 Å². The average molecular weight is 359 g/mol. The topological polar surface area (TPSA) is 43.4 Å². The molecule has 6 atom stereocenters. The first-order valence-corrected chi connectivity index (χ1v) is 10.4. The van der Waals surface area contributed by atoms with Crippen molar-refractivity contribution in [2.45, 2.75) is 65.7 Å². The van der Waals surface area contributed by atoms with Crippen LogP contribution in [0.4, 0.5) is 0 Å². The summed E-state index contributed by atoms with van der Waals surface area (Å²) < 4.78 is 5.05. The van der Waals surface area contributed by atoms with Crippen LogP contribution in [0, 0.1) is 35.0 Å². The van der Waals surface area contributed by atoms with Crippen molar-refractivity contribution in [1.29, 1.82) is 0 Å². The normalized spacial score (nSPS) is 39.5. The van der Waals surface area contributed by atoms with Gasteiger partial charge in [-0.25, -0.2) is 0 Å². The third kappa shape index (κ3) is 3.42. The SMILES string of the molecule is CCCCC1C(C2C[C@@H](C)[C@H](C(=O)OC)C2)CCC2=CC(=O)C=C[C@@]21C. The van der Waals surface area contributed by atoms with E-state index in [0.717, 1.165) is 25.7 Å². The minimum atomic E-state index is -0.0316. The Morgan fingerprint density at radius 3 is 2.81 bits per heavy atom. The highest BCUT2D eigenvalue weighted by Crippen LogP contribution is 2.57. The predicted octanol–water partition coefficient (Wildman–Crippen LogP) is 5.11. The van der Waals surface area contributed by atoms with Crippen molar-refractivity contribution >= 4 is 11.8 Å². The fourth-order valence-electron chi connectivity index (χ4n) is 6.04. The van der Waals surface area contributed by atoms with Gasteiger partial charge in [0.15, 0.2) is 5.78 Å². The Morgan fingerprint density at radius 1 is 1.35 bits per heavy atom. The predicted molar refractivity (Wildman–Crippen MR) is 103 cm³/mol. The van der Waals surface area contributed by atoms with Crippen molar-refractivity contribution in [1.82, 2.24) is 0 Å². The smallest absolute Gasteiger partial charge is 0.308 e. The van der Waals surface area contributed by atoms with E-state index in [1.165, 1.54) is 31.9 Å². The lowest BCUT2D eigenvalue weighted by molar-refractivity contribution is -0.146. The van der Waals surface area contributed by atoms with E-state index in [4.69, 9.17) is 4.74 Å². The van der Waals surface area contributed by atoms with Gasteiger partial charge in [-0.05, 0) is 67.9 Å². The molecule has 0 heterocycles. The molecule has 0 aromatic rings. The highest BCUT2D eigenvalue weighted by Gasteiger charge is 2.49. The zero-order chi connectivity index (χ0) is 18.9. The summed E-state index contributed by atoms with van der Waals surface area (Å²) in [6.45, 7) is 6.80. The maximum atomic E-state index is 12.2. The summed E-state index contributed by atoms with van der Waals surface area (Å²) >= 11 is 0. The minimum absolute atomic E-state index is 0.0125. The van der Waals surface area contributed by atoms with Crippen LogP contribution >= 0.6 is 0 Å². The lowest BCUT2D eigenvalue weighted by Crippen LogP contribution is -2.41. The van der Waals surface area contributed by atoms with Gasteiger partial charge in [0.05, 0.1) is 13.0 Å². The van der Waals surface area contributed by atoms with E-state index in [0.29, 0.717) is 23.7 Å². The summed E-state index contributed by atoms with van der Waals surface area (Å²) in [5.41, 5.74) is 1.34. The number of carbonyl (C=O) groups is 2. The minimum Gasteiger partial charge on any atom is -0.469 e. The first kappa shape index (κ1) is 19.4. The Bertz CT molecular complexity index is 617. The molecule has 3 rings (SSSR count). The van der Waals surface area contributed by atoms with Gasteiger partial charge in [0.25, 0.3) is 0 Å². The van der Waals surface area contributed by atoms with Gasteiger partial charge in [0, 0.05) is 5.41 Å². The van der Waals surface area contributed by atoms with E-state index in [9.17, 15) is 9.59 Å². The number of hydrogen-bond acceptors (Lipinski definition) is 3. The highest BCUT2D eigenvalue weighted by molar-refractivity contribution is 6.01. The van der Waals surface area contributed by atoms with E-state index in [1.54, 1.807) is 6.08 Å². The van der Waals surface area contributed by atoms with Gasteiger partial charge in [-0.3, -0.25) is 9.59 Å². The first-order valence-electron chi connectivity index (χ1n) is 10.4. The van der Waals surface area contributed by atoms with Crippen LogP contribution in [0.3, 0.4) is 0 Å². The molecular formula is C23H34O3. The number of carbonyl (C=O) groups excluding carboxylic acids is 2. The quantitative estimate of drug-likeness (QED) is 0.641. The number of allylic oxidation sites excluding steroid dienone is 4. The zero-order valence-electron chi connectivity index (χ0n) is 16.8. The number of hydrogen-bond donors (Lipinski definition) is 0. The van der Waals surface area contributed by atoms with Crippen LogP contribution < -0.4 is 0 Å². The molecule has 3 unspecified atom stereocenters. The summed E-state index contributed by atoms with van der Waals surface area (Å²) in [5.74, 6) is 2.39. The average Bonchev–Trinajstić information content (AvgIpc) is 3.01. The highest BCUT2D eigenvalue weighted by atomic mass is 16.5. The fraction of sp³-hybridized carbons (Fsp3) is 0.739. The van der Waals surface area contributed by atoms with Crippen LogP contribution in [0.2, 0.25) is 0 Å². The molecular weight excluding hydrogens is 324 g/mol. The molecule has 3 aliphatic rings. The second-order valence-corrected chi connectivity index (χ2v) is 8.98. The molecule has 3 nitrogen and oxygen atoms in total. The van der Waals surface area contributed by atoms with Crippen molar-refractivity contribution in [3.8, 4) is 0 Å². The van der Waals surface area contributed by atoms with Gasteiger partial charge in [-0.2, -0.15) is 0 Å². The third-order valence-corrected chi connectivity index (χ3v) is 7.53. The largest absolute Gasteiger partial charge is 0.469 e. The number of esters is 1. The van der Waals surface area contributed by atoms with E-state index in [1.807, 2.05) is 6.08 Å². The van der Waals surface area contributed by atoms with E-state index >= 15 is 0 Å². The Balaban J connectivity index is 1.85. The number of ether oxygens (including phenoxy) is 1. The number of unbranched alkanes of at least 4 members (excludes halogenated alkanes) is 1. The summed E-state index contributed by atoms with van der Waals surface area (Å²) in [4.78, 5) is 24.1. The molecule has 0 bridgehead atoms. The molecule has 0 aromatic carbocycles. The molecule has 0 aromatic heterocycles. The molecule has 0 spiro atoms. The fourth-order valence-corrected chi connectivity index (χ4v) is 6.04. The molecule has 0 saturated heterocycles. The Hall–Kier alpha value is -1.38. The molecule has 3 aliphatic carbocycles. The Kier molecular flexibility index (Phi) is 5.74. The van der Waals surface area contributed by atoms with E-state index < -0.39 is 0 Å². The summed E-state index contributed by atoms with van der Waals surface area (Å²) in [7, 11) is 1.51. The number of methoxy groups -OCH3 is 1. The van der Waals surface area contributed by atoms with E-state index in [-0.39, 0.29) is 23.1 Å². The van der Waals surface area contributed by atoms with Crippen LogP contribution in [0.15, 0.2) is 23.8 Å². The molecule has 144 valence electrons. The number of rotatable bonds is 5. The van der Waals surface area contributed by atoms with Crippen LogP contribution in [0.5, 0.6) is 0 Å². The molecule has 26 heavy (non-hydrogen) atoms. The third-order valence-electron chi connectivity index (χ3n) is 7.53. The molecule has 3 heteroatoms. The van der Waals surface area contributed by atoms with Gasteiger partial charge >= 0.3 is 5.97 Å². The van der Waals surface area contributed by atoms with Gasteiger partial charge in [0.1, 0.15) is 0 Å². The second-order valence-electron chi connectivity index (χ2n) is 8.98. The summed E-state index contributed by atoms with van der Waals surface area (Å²) in [5, 5.41) is 0. The standard InChI is InChI=1S/C23H34O3/c1-5-6-7-21-19(16-12-15(2)20(13-16)22(25)26-4)9-8-17-14-18(24)10-11-23(17,21)3/h10-11,14-16,19-21H,5-9,12-13H2,1-4H3/t15-,16?,19?,20-,21?,23+/m1/s1. The summed E-state index contributed by atoms with van der Waals surface area (Å²) in [6.07, 6.45) is 13.8. The second kappa shape index (κ2) is 7.70. The van der Waals surface area contributed by atoms with Gasteiger partial charge < -0.3 is 4.74 Å². The lowest BCUT2D eigenvalue weighted by Gasteiger charge is -2.49. The van der Waals surface area contributed by atoms with Crippen LogP contribution in [-0.2, 0) is 14.3 Å². The maximum Gasteiger partial charge on any atom is 0.308 e. The first-order chi connectivity index (χ1) is 12.4. The molecule has 2 fully saturated rings. The van der Waals surface area contributed by atoms with Crippen molar-refractivity contribution < 1.29 is 14.3 Å². The van der Waals surface area contributed by atoms with Crippen molar-refractivity contribution in [2.24, 2.45) is 35.0 Å². The van der Waals surface area contributed by atoms with Crippen LogP contribution in [-0.4, -0.2) is 18.9 Å². The summed E-state index contributed by atoms with van der Waals surface area (Å²) in [6, 6.07) is 0. The molecule has 0 amide bonds. The van der Waals surface area contributed by atoms with E-state index in [2.05, 4.69) is 26.8 Å². The van der Waals surface area contributed by atoms with Crippen LogP contribution in [0.1, 0.15) is 65.7 Å².